The Bertz CT molecular complexity index is 697. The molecule has 7 heteroatoms. The molecule has 0 bridgehead atoms. The van der Waals surface area contributed by atoms with Gasteiger partial charge in [-0.25, -0.2) is 4.79 Å². The van der Waals surface area contributed by atoms with E-state index in [4.69, 9.17) is 4.74 Å². The molecule has 0 unspecified atom stereocenters. The molecule has 1 atom stereocenters. The molecule has 0 saturated carbocycles. The molecular weight excluding hydrogens is 332 g/mol. The molecule has 0 aliphatic carbocycles. The molecule has 7 nitrogen and oxygen atoms in total. The molecule has 3 aliphatic rings. The fraction of sp³-hybridized carbons (Fsp3) is 0.474. The van der Waals surface area contributed by atoms with E-state index in [0.717, 1.165) is 31.9 Å². The maximum Gasteiger partial charge on any atom is 0.317 e. The number of hydrogen-bond donors (Lipinski definition) is 1. The summed E-state index contributed by atoms with van der Waals surface area (Å²) in [6.07, 6.45) is 3.49. The number of ether oxygens (including phenoxy) is 1. The molecule has 3 heterocycles. The number of amides is 3. The van der Waals surface area contributed by atoms with Gasteiger partial charge in [-0.05, 0) is 23.8 Å². The van der Waals surface area contributed by atoms with E-state index in [9.17, 15) is 9.59 Å². The first-order valence-electron chi connectivity index (χ1n) is 9.15. The second-order valence-electron chi connectivity index (χ2n) is 6.84. The Morgan fingerprint density at radius 1 is 1.12 bits per heavy atom. The molecule has 0 spiro atoms. The van der Waals surface area contributed by atoms with Crippen molar-refractivity contribution in [1.29, 1.82) is 0 Å². The van der Waals surface area contributed by atoms with Crippen LogP contribution in [0, 0.1) is 0 Å². The minimum Gasteiger partial charge on any atom is -0.378 e. The summed E-state index contributed by atoms with van der Waals surface area (Å²) in [6, 6.07) is 8.33. The fourth-order valence-electron chi connectivity index (χ4n) is 3.69. The summed E-state index contributed by atoms with van der Waals surface area (Å²) in [5.41, 5.74) is 2.19. The molecule has 1 N–H and O–H groups in total. The van der Waals surface area contributed by atoms with Gasteiger partial charge in [-0.3, -0.25) is 4.79 Å². The van der Waals surface area contributed by atoms with Crippen LogP contribution in [0.1, 0.15) is 5.56 Å². The van der Waals surface area contributed by atoms with Crippen molar-refractivity contribution < 1.29 is 14.3 Å². The second kappa shape index (κ2) is 7.37. The van der Waals surface area contributed by atoms with Crippen LogP contribution in [0.4, 0.5) is 10.5 Å². The van der Waals surface area contributed by atoms with Crippen LogP contribution in [-0.4, -0.2) is 80.3 Å². The zero-order valence-electron chi connectivity index (χ0n) is 14.8. The molecule has 3 fully saturated rings. The Balaban J connectivity index is 1.34. The average molecular weight is 356 g/mol. The Morgan fingerprint density at radius 2 is 1.88 bits per heavy atom. The van der Waals surface area contributed by atoms with Crippen molar-refractivity contribution in [3.8, 4) is 0 Å². The minimum absolute atomic E-state index is 0.00116. The number of nitrogens with one attached hydrogen (secondary N) is 1. The lowest BCUT2D eigenvalue weighted by Gasteiger charge is -2.35. The number of urea groups is 1. The zero-order valence-corrected chi connectivity index (χ0v) is 14.8. The number of carbonyl (C=O) groups is 2. The number of fused-ring (bicyclic) bond motifs is 1. The number of morpholine rings is 1. The molecule has 1 aromatic carbocycles. The first-order chi connectivity index (χ1) is 12.7. The van der Waals surface area contributed by atoms with E-state index >= 15 is 0 Å². The molecule has 3 amide bonds. The van der Waals surface area contributed by atoms with Gasteiger partial charge in [0.1, 0.15) is 0 Å². The van der Waals surface area contributed by atoms with Crippen molar-refractivity contribution in [2.75, 3.05) is 57.4 Å². The van der Waals surface area contributed by atoms with Crippen molar-refractivity contribution in [3.05, 3.63) is 35.9 Å². The van der Waals surface area contributed by atoms with Crippen LogP contribution < -0.4 is 10.2 Å². The summed E-state index contributed by atoms with van der Waals surface area (Å²) >= 11 is 0. The second-order valence-corrected chi connectivity index (χ2v) is 6.84. The maximum absolute atomic E-state index is 12.4. The SMILES string of the molecule is O=C(/C=C\c1ccc(N2CCOCC2)cc1)N1CCN2C(=O)NC[C@@H]2C1. The molecular formula is C19H24N4O3. The third kappa shape index (κ3) is 3.53. The highest BCUT2D eigenvalue weighted by atomic mass is 16.5. The lowest BCUT2D eigenvalue weighted by molar-refractivity contribution is -0.128. The topological polar surface area (TPSA) is 65.1 Å². The normalized spacial score (nSPS) is 23.3. The first kappa shape index (κ1) is 16.9. The Morgan fingerprint density at radius 3 is 2.65 bits per heavy atom. The Hall–Kier alpha value is -2.54. The van der Waals surface area contributed by atoms with Crippen molar-refractivity contribution in [1.82, 2.24) is 15.1 Å². The van der Waals surface area contributed by atoms with E-state index in [-0.39, 0.29) is 18.0 Å². The molecule has 0 radical (unpaired) electrons. The van der Waals surface area contributed by atoms with Gasteiger partial charge in [0.2, 0.25) is 5.91 Å². The molecule has 1 aromatic rings. The summed E-state index contributed by atoms with van der Waals surface area (Å²) < 4.78 is 5.38. The highest BCUT2D eigenvalue weighted by molar-refractivity contribution is 5.92. The number of rotatable bonds is 3. The van der Waals surface area contributed by atoms with Gasteiger partial charge >= 0.3 is 6.03 Å². The highest BCUT2D eigenvalue weighted by Gasteiger charge is 2.36. The number of nitrogens with zero attached hydrogens (tertiary/aromatic N) is 3. The van der Waals surface area contributed by atoms with E-state index in [1.165, 1.54) is 5.69 Å². The van der Waals surface area contributed by atoms with Crippen LogP contribution in [0.2, 0.25) is 0 Å². The molecule has 138 valence electrons. The van der Waals surface area contributed by atoms with Crippen LogP contribution in [0.15, 0.2) is 30.3 Å². The van der Waals surface area contributed by atoms with Crippen LogP contribution in [-0.2, 0) is 9.53 Å². The van der Waals surface area contributed by atoms with E-state index < -0.39 is 0 Å². The van der Waals surface area contributed by atoms with Crippen molar-refractivity contribution in [3.63, 3.8) is 0 Å². The van der Waals surface area contributed by atoms with Gasteiger partial charge < -0.3 is 24.8 Å². The van der Waals surface area contributed by atoms with Crippen molar-refractivity contribution in [2.24, 2.45) is 0 Å². The Labute approximate surface area is 153 Å². The lowest BCUT2D eigenvalue weighted by Crippen LogP contribution is -2.53. The van der Waals surface area contributed by atoms with Gasteiger partial charge in [-0.15, -0.1) is 0 Å². The van der Waals surface area contributed by atoms with E-state index in [1.807, 2.05) is 28.0 Å². The lowest BCUT2D eigenvalue weighted by atomic mass is 10.1. The maximum atomic E-state index is 12.4. The summed E-state index contributed by atoms with van der Waals surface area (Å²) in [7, 11) is 0. The number of benzene rings is 1. The summed E-state index contributed by atoms with van der Waals surface area (Å²) in [5.74, 6) is 0.00116. The quantitative estimate of drug-likeness (QED) is 0.813. The molecule has 3 saturated heterocycles. The van der Waals surface area contributed by atoms with Gasteiger partial charge in [0.15, 0.2) is 0 Å². The summed E-state index contributed by atoms with van der Waals surface area (Å²) in [6.45, 7) is 5.77. The Kier molecular flexibility index (Phi) is 4.79. The van der Waals surface area contributed by atoms with Crippen molar-refractivity contribution in [2.45, 2.75) is 6.04 Å². The van der Waals surface area contributed by atoms with Crippen molar-refractivity contribution >= 4 is 23.7 Å². The highest BCUT2D eigenvalue weighted by Crippen LogP contribution is 2.18. The number of piperazine rings is 1. The van der Waals surface area contributed by atoms with Gasteiger partial charge in [-0.2, -0.15) is 0 Å². The molecule has 0 aromatic heterocycles. The van der Waals surface area contributed by atoms with Crippen LogP contribution in [0.5, 0.6) is 0 Å². The third-order valence-electron chi connectivity index (χ3n) is 5.23. The van der Waals surface area contributed by atoms with Crippen LogP contribution in [0.25, 0.3) is 6.08 Å². The first-order valence-corrected chi connectivity index (χ1v) is 9.15. The fourth-order valence-corrected chi connectivity index (χ4v) is 3.69. The van der Waals surface area contributed by atoms with Gasteiger partial charge in [0.05, 0.1) is 19.3 Å². The van der Waals surface area contributed by atoms with E-state index in [1.54, 1.807) is 6.08 Å². The number of anilines is 1. The predicted molar refractivity (Wildman–Crippen MR) is 99.0 cm³/mol. The molecule has 26 heavy (non-hydrogen) atoms. The van der Waals surface area contributed by atoms with Crippen LogP contribution in [0.3, 0.4) is 0 Å². The third-order valence-corrected chi connectivity index (χ3v) is 5.23. The predicted octanol–water partition coefficient (Wildman–Crippen LogP) is 0.772. The monoisotopic (exact) mass is 356 g/mol. The van der Waals surface area contributed by atoms with Gasteiger partial charge in [0, 0.05) is 51.0 Å². The number of hydrogen-bond acceptors (Lipinski definition) is 4. The van der Waals surface area contributed by atoms with Gasteiger partial charge in [-0.1, -0.05) is 12.1 Å². The van der Waals surface area contributed by atoms with E-state index in [2.05, 4.69) is 22.3 Å². The molecule has 3 aliphatic heterocycles. The summed E-state index contributed by atoms with van der Waals surface area (Å²) in [5, 5.41) is 2.83. The minimum atomic E-state index is -0.0157. The van der Waals surface area contributed by atoms with E-state index in [0.29, 0.717) is 26.2 Å². The smallest absolute Gasteiger partial charge is 0.317 e. The number of carbonyl (C=O) groups excluding carboxylic acids is 2. The summed E-state index contributed by atoms with van der Waals surface area (Å²) in [4.78, 5) is 30.0. The molecule has 4 rings (SSSR count). The standard InChI is InChI=1S/C19H24N4O3/c24-18(22-7-8-23-17(14-22)13-20-19(23)25)6-3-15-1-4-16(5-2-15)21-9-11-26-12-10-21/h1-6,17H,7-14H2,(H,20,25)/b6-3-/t17-/m1/s1. The average Bonchev–Trinajstić information content (AvgIpc) is 3.07. The van der Waals surface area contributed by atoms with Gasteiger partial charge in [0.25, 0.3) is 0 Å². The largest absolute Gasteiger partial charge is 0.378 e. The van der Waals surface area contributed by atoms with Crippen LogP contribution >= 0.6 is 0 Å². The zero-order chi connectivity index (χ0) is 17.9.